The van der Waals surface area contributed by atoms with Gasteiger partial charge >= 0.3 is 0 Å². The Kier molecular flexibility index (Phi) is 5.37. The standard InChI is InChI=1S/C23H23NO2/c1-16-9-7-8-12-20(16)22(18-10-5-4-6-11-18)24-23(25)19-13-14-21(26-3)17(2)15-19/h4-15,22H,1-3H3,(H,24,25)/t22-/m1/s1. The van der Waals surface area contributed by atoms with Gasteiger partial charge in [-0.3, -0.25) is 4.79 Å². The Morgan fingerprint density at radius 1 is 0.885 bits per heavy atom. The third-order valence-corrected chi connectivity index (χ3v) is 4.56. The molecule has 0 spiro atoms. The fourth-order valence-corrected chi connectivity index (χ4v) is 3.13. The molecule has 132 valence electrons. The van der Waals surface area contributed by atoms with Crippen molar-refractivity contribution in [2.75, 3.05) is 7.11 Å². The molecule has 3 rings (SSSR count). The molecule has 1 amide bonds. The van der Waals surface area contributed by atoms with Crippen molar-refractivity contribution in [1.29, 1.82) is 0 Å². The summed E-state index contributed by atoms with van der Waals surface area (Å²) >= 11 is 0. The van der Waals surface area contributed by atoms with E-state index in [1.165, 1.54) is 0 Å². The van der Waals surface area contributed by atoms with Crippen LogP contribution in [0.15, 0.2) is 72.8 Å². The lowest BCUT2D eigenvalue weighted by Crippen LogP contribution is -2.29. The quantitative estimate of drug-likeness (QED) is 0.719. The summed E-state index contributed by atoms with van der Waals surface area (Å²) < 4.78 is 5.28. The zero-order valence-electron chi connectivity index (χ0n) is 15.3. The van der Waals surface area contributed by atoms with Crippen LogP contribution in [-0.2, 0) is 0 Å². The van der Waals surface area contributed by atoms with Crippen LogP contribution in [0.3, 0.4) is 0 Å². The van der Waals surface area contributed by atoms with Crippen molar-refractivity contribution in [2.24, 2.45) is 0 Å². The summed E-state index contributed by atoms with van der Waals surface area (Å²) in [7, 11) is 1.63. The van der Waals surface area contributed by atoms with Crippen molar-refractivity contribution in [3.8, 4) is 5.75 Å². The maximum atomic E-state index is 12.9. The maximum Gasteiger partial charge on any atom is 0.252 e. The van der Waals surface area contributed by atoms with Crippen molar-refractivity contribution in [3.05, 3.63) is 101 Å². The van der Waals surface area contributed by atoms with E-state index in [-0.39, 0.29) is 11.9 Å². The van der Waals surface area contributed by atoms with Crippen LogP contribution in [0.25, 0.3) is 0 Å². The number of ether oxygens (including phenoxy) is 1. The molecule has 0 radical (unpaired) electrons. The molecule has 0 bridgehead atoms. The summed E-state index contributed by atoms with van der Waals surface area (Å²) in [5.74, 6) is 0.674. The van der Waals surface area contributed by atoms with Crippen LogP contribution in [0, 0.1) is 13.8 Å². The molecule has 0 saturated carbocycles. The van der Waals surface area contributed by atoms with Gasteiger partial charge in [-0.2, -0.15) is 0 Å². The fraction of sp³-hybridized carbons (Fsp3) is 0.174. The Morgan fingerprint density at radius 2 is 1.58 bits per heavy atom. The molecule has 0 aromatic heterocycles. The molecule has 3 nitrogen and oxygen atoms in total. The number of carbonyl (C=O) groups is 1. The second kappa shape index (κ2) is 7.87. The molecular weight excluding hydrogens is 322 g/mol. The van der Waals surface area contributed by atoms with Gasteiger partial charge in [0.25, 0.3) is 5.91 Å². The molecule has 3 heteroatoms. The molecule has 3 aromatic carbocycles. The van der Waals surface area contributed by atoms with E-state index in [2.05, 4.69) is 24.4 Å². The minimum absolute atomic E-state index is 0.104. The predicted molar refractivity (Wildman–Crippen MR) is 105 cm³/mol. The van der Waals surface area contributed by atoms with Crippen LogP contribution in [0.4, 0.5) is 0 Å². The van der Waals surface area contributed by atoms with E-state index in [9.17, 15) is 4.79 Å². The first-order valence-corrected chi connectivity index (χ1v) is 8.66. The van der Waals surface area contributed by atoms with E-state index < -0.39 is 0 Å². The van der Waals surface area contributed by atoms with Crippen LogP contribution in [0.2, 0.25) is 0 Å². The zero-order valence-corrected chi connectivity index (χ0v) is 15.3. The highest BCUT2D eigenvalue weighted by Crippen LogP contribution is 2.26. The number of hydrogen-bond acceptors (Lipinski definition) is 2. The highest BCUT2D eigenvalue weighted by molar-refractivity contribution is 5.95. The van der Waals surface area contributed by atoms with Crippen LogP contribution >= 0.6 is 0 Å². The smallest absolute Gasteiger partial charge is 0.252 e. The van der Waals surface area contributed by atoms with Gasteiger partial charge in [-0.25, -0.2) is 0 Å². The summed E-state index contributed by atoms with van der Waals surface area (Å²) in [5.41, 5.74) is 4.86. The zero-order chi connectivity index (χ0) is 18.5. The Bertz CT molecular complexity index is 903. The molecule has 1 atom stereocenters. The SMILES string of the molecule is COc1ccc(C(=O)N[C@H](c2ccccc2)c2ccccc2C)cc1C. The first-order valence-electron chi connectivity index (χ1n) is 8.66. The van der Waals surface area contributed by atoms with Gasteiger partial charge in [-0.05, 0) is 54.3 Å². The third-order valence-electron chi connectivity index (χ3n) is 4.56. The number of aryl methyl sites for hydroxylation is 2. The number of hydrogen-bond donors (Lipinski definition) is 1. The first-order chi connectivity index (χ1) is 12.6. The van der Waals surface area contributed by atoms with Crippen LogP contribution in [-0.4, -0.2) is 13.0 Å². The fourth-order valence-electron chi connectivity index (χ4n) is 3.13. The minimum atomic E-state index is -0.202. The molecule has 1 N–H and O–H groups in total. The maximum absolute atomic E-state index is 12.9. The topological polar surface area (TPSA) is 38.3 Å². The number of nitrogens with one attached hydrogen (secondary N) is 1. The second-order valence-electron chi connectivity index (χ2n) is 6.36. The van der Waals surface area contributed by atoms with Gasteiger partial charge in [0.2, 0.25) is 0 Å². The van der Waals surface area contributed by atoms with Crippen molar-refractivity contribution >= 4 is 5.91 Å². The highest BCUT2D eigenvalue weighted by atomic mass is 16.5. The van der Waals surface area contributed by atoms with E-state index in [4.69, 9.17) is 4.74 Å². The lowest BCUT2D eigenvalue weighted by molar-refractivity contribution is 0.0943. The lowest BCUT2D eigenvalue weighted by Gasteiger charge is -2.22. The van der Waals surface area contributed by atoms with E-state index in [0.29, 0.717) is 5.56 Å². The van der Waals surface area contributed by atoms with E-state index >= 15 is 0 Å². The van der Waals surface area contributed by atoms with Gasteiger partial charge in [-0.15, -0.1) is 0 Å². The number of benzene rings is 3. The van der Waals surface area contributed by atoms with Gasteiger partial charge in [0.05, 0.1) is 13.2 Å². The minimum Gasteiger partial charge on any atom is -0.496 e. The van der Waals surface area contributed by atoms with Crippen molar-refractivity contribution in [2.45, 2.75) is 19.9 Å². The summed E-state index contributed by atoms with van der Waals surface area (Å²) in [6.07, 6.45) is 0. The normalized spacial score (nSPS) is 11.7. The van der Waals surface area contributed by atoms with Crippen LogP contribution < -0.4 is 10.1 Å². The summed E-state index contributed by atoms with van der Waals surface area (Å²) in [6, 6.07) is 23.4. The monoisotopic (exact) mass is 345 g/mol. The number of carbonyl (C=O) groups excluding carboxylic acids is 1. The third kappa shape index (κ3) is 3.77. The largest absolute Gasteiger partial charge is 0.496 e. The molecule has 0 saturated heterocycles. The highest BCUT2D eigenvalue weighted by Gasteiger charge is 2.19. The van der Waals surface area contributed by atoms with Crippen LogP contribution in [0.5, 0.6) is 5.75 Å². The summed E-state index contributed by atoms with van der Waals surface area (Å²) in [6.45, 7) is 4.00. The summed E-state index contributed by atoms with van der Waals surface area (Å²) in [5, 5.41) is 3.19. The Hall–Kier alpha value is -3.07. The predicted octanol–water partition coefficient (Wildman–Crippen LogP) is 4.83. The Labute approximate surface area is 154 Å². The van der Waals surface area contributed by atoms with Gasteiger partial charge in [0.15, 0.2) is 0 Å². The molecule has 0 heterocycles. The second-order valence-corrected chi connectivity index (χ2v) is 6.36. The molecule has 0 aliphatic rings. The summed E-state index contributed by atoms with van der Waals surface area (Å²) in [4.78, 5) is 12.9. The average molecular weight is 345 g/mol. The first kappa shape index (κ1) is 17.7. The average Bonchev–Trinajstić information content (AvgIpc) is 2.67. The van der Waals surface area contributed by atoms with Gasteiger partial charge < -0.3 is 10.1 Å². The molecule has 26 heavy (non-hydrogen) atoms. The van der Waals surface area contributed by atoms with Gasteiger partial charge in [0, 0.05) is 5.56 Å². The Morgan fingerprint density at radius 3 is 2.23 bits per heavy atom. The molecule has 0 aliphatic heterocycles. The molecule has 0 aliphatic carbocycles. The van der Waals surface area contributed by atoms with Crippen molar-refractivity contribution in [3.63, 3.8) is 0 Å². The van der Waals surface area contributed by atoms with Crippen molar-refractivity contribution < 1.29 is 9.53 Å². The number of amides is 1. The lowest BCUT2D eigenvalue weighted by atomic mass is 9.94. The molecule has 0 unspecified atom stereocenters. The van der Waals surface area contributed by atoms with Gasteiger partial charge in [0.1, 0.15) is 5.75 Å². The van der Waals surface area contributed by atoms with E-state index in [0.717, 1.165) is 28.0 Å². The molecule has 3 aromatic rings. The molecule has 0 fully saturated rings. The van der Waals surface area contributed by atoms with Crippen molar-refractivity contribution in [1.82, 2.24) is 5.32 Å². The van der Waals surface area contributed by atoms with Gasteiger partial charge in [-0.1, -0.05) is 54.6 Å². The van der Waals surface area contributed by atoms with E-state index in [1.807, 2.05) is 61.5 Å². The number of rotatable bonds is 5. The molecular formula is C23H23NO2. The van der Waals surface area contributed by atoms with E-state index in [1.54, 1.807) is 13.2 Å². The number of methoxy groups -OCH3 is 1. The Balaban J connectivity index is 1.95. The van der Waals surface area contributed by atoms with Crippen LogP contribution in [0.1, 0.15) is 38.7 Å².